The number of hydrogen-bond acceptors (Lipinski definition) is 3. The molecule has 2 heterocycles. The highest BCUT2D eigenvalue weighted by molar-refractivity contribution is 5.85. The summed E-state index contributed by atoms with van der Waals surface area (Å²) in [6, 6.07) is 15.9. The Balaban J connectivity index is 1.48. The van der Waals surface area contributed by atoms with Gasteiger partial charge in [0.25, 0.3) is 0 Å². The van der Waals surface area contributed by atoms with Crippen LogP contribution in [0.3, 0.4) is 0 Å². The standard InChI is InChI=1S/C25H31N3O2/c1-19-9-3-4-11-21(19)17-26-23(29)18-28-16-13-20-10-5-6-12-22(20)24(28)25(30)27-14-7-2-8-15-27/h3-6,9-12,24H,2,7-8,13-18H2,1H3,(H,26,29). The van der Waals surface area contributed by atoms with Crippen molar-refractivity contribution >= 4 is 11.8 Å². The van der Waals surface area contributed by atoms with Crippen LogP contribution >= 0.6 is 0 Å². The van der Waals surface area contributed by atoms with Crippen LogP contribution in [0.2, 0.25) is 0 Å². The Morgan fingerprint density at radius 2 is 1.70 bits per heavy atom. The van der Waals surface area contributed by atoms with Crippen molar-refractivity contribution in [3.63, 3.8) is 0 Å². The minimum atomic E-state index is -0.364. The number of rotatable bonds is 5. The molecule has 5 heteroatoms. The summed E-state index contributed by atoms with van der Waals surface area (Å²) in [6.45, 7) is 5.18. The van der Waals surface area contributed by atoms with Gasteiger partial charge in [-0.1, -0.05) is 48.5 Å². The SMILES string of the molecule is Cc1ccccc1CNC(=O)CN1CCc2ccccc2C1C(=O)N1CCCCC1. The van der Waals surface area contributed by atoms with Gasteiger partial charge in [-0.2, -0.15) is 0 Å². The first-order chi connectivity index (χ1) is 14.6. The van der Waals surface area contributed by atoms with Gasteiger partial charge >= 0.3 is 0 Å². The van der Waals surface area contributed by atoms with Gasteiger partial charge in [-0.05, 0) is 54.9 Å². The maximum absolute atomic E-state index is 13.5. The minimum Gasteiger partial charge on any atom is -0.351 e. The van der Waals surface area contributed by atoms with Gasteiger partial charge in [-0.15, -0.1) is 0 Å². The Morgan fingerprint density at radius 3 is 2.50 bits per heavy atom. The molecule has 0 saturated carbocycles. The number of piperidine rings is 1. The smallest absolute Gasteiger partial charge is 0.244 e. The molecule has 1 fully saturated rings. The summed E-state index contributed by atoms with van der Waals surface area (Å²) in [7, 11) is 0. The van der Waals surface area contributed by atoms with E-state index in [1.165, 1.54) is 17.5 Å². The maximum Gasteiger partial charge on any atom is 0.244 e. The lowest BCUT2D eigenvalue weighted by atomic mass is 9.91. The number of hydrogen-bond donors (Lipinski definition) is 1. The van der Waals surface area contributed by atoms with E-state index in [0.717, 1.165) is 50.0 Å². The van der Waals surface area contributed by atoms with Gasteiger partial charge in [0, 0.05) is 26.2 Å². The Morgan fingerprint density at radius 1 is 0.967 bits per heavy atom. The summed E-state index contributed by atoms with van der Waals surface area (Å²) in [4.78, 5) is 30.3. The summed E-state index contributed by atoms with van der Waals surface area (Å²) in [5.74, 6) is 0.114. The highest BCUT2D eigenvalue weighted by Crippen LogP contribution is 2.32. The quantitative estimate of drug-likeness (QED) is 0.831. The molecular formula is C25H31N3O2. The van der Waals surface area contributed by atoms with Crippen molar-refractivity contribution in [1.29, 1.82) is 0 Å². The Labute approximate surface area is 179 Å². The predicted molar refractivity (Wildman–Crippen MR) is 118 cm³/mol. The highest BCUT2D eigenvalue weighted by Gasteiger charge is 2.36. The number of likely N-dealkylation sites (tertiary alicyclic amines) is 1. The Kier molecular flexibility index (Phi) is 6.48. The number of benzene rings is 2. The largest absolute Gasteiger partial charge is 0.351 e. The molecule has 2 aliphatic rings. The number of amides is 2. The monoisotopic (exact) mass is 405 g/mol. The number of carbonyl (C=O) groups is 2. The second kappa shape index (κ2) is 9.43. The van der Waals surface area contributed by atoms with Crippen LogP contribution in [-0.4, -0.2) is 47.8 Å². The normalized spacial score (nSPS) is 19.2. The van der Waals surface area contributed by atoms with E-state index in [0.29, 0.717) is 6.54 Å². The molecular weight excluding hydrogens is 374 g/mol. The lowest BCUT2D eigenvalue weighted by Gasteiger charge is -2.39. The summed E-state index contributed by atoms with van der Waals surface area (Å²) >= 11 is 0. The molecule has 0 radical (unpaired) electrons. The van der Waals surface area contributed by atoms with Crippen molar-refractivity contribution < 1.29 is 9.59 Å². The fourth-order valence-corrected chi connectivity index (χ4v) is 4.61. The van der Waals surface area contributed by atoms with Gasteiger partial charge in [0.1, 0.15) is 6.04 Å². The topological polar surface area (TPSA) is 52.7 Å². The molecule has 0 aromatic heterocycles. The first-order valence-electron chi connectivity index (χ1n) is 11.1. The van der Waals surface area contributed by atoms with E-state index in [2.05, 4.69) is 35.3 Å². The summed E-state index contributed by atoms with van der Waals surface area (Å²) in [6.07, 6.45) is 4.19. The Hall–Kier alpha value is -2.66. The molecule has 2 amide bonds. The number of carbonyl (C=O) groups excluding carboxylic acids is 2. The molecule has 0 aliphatic carbocycles. The average molecular weight is 406 g/mol. The second-order valence-corrected chi connectivity index (χ2v) is 8.41. The first-order valence-corrected chi connectivity index (χ1v) is 11.1. The lowest BCUT2D eigenvalue weighted by molar-refractivity contribution is -0.139. The van der Waals surface area contributed by atoms with E-state index < -0.39 is 0 Å². The summed E-state index contributed by atoms with van der Waals surface area (Å²) in [5, 5.41) is 3.04. The number of nitrogens with zero attached hydrogens (tertiary/aromatic N) is 2. The van der Waals surface area contributed by atoms with Crippen molar-refractivity contribution in [2.45, 2.75) is 45.2 Å². The molecule has 30 heavy (non-hydrogen) atoms. The van der Waals surface area contributed by atoms with E-state index in [9.17, 15) is 9.59 Å². The highest BCUT2D eigenvalue weighted by atomic mass is 16.2. The van der Waals surface area contributed by atoms with Crippen LogP contribution < -0.4 is 5.32 Å². The molecule has 4 rings (SSSR count). The van der Waals surface area contributed by atoms with E-state index in [-0.39, 0.29) is 24.4 Å². The molecule has 158 valence electrons. The molecule has 5 nitrogen and oxygen atoms in total. The molecule has 2 aliphatic heterocycles. The zero-order chi connectivity index (χ0) is 20.9. The van der Waals surface area contributed by atoms with Crippen LogP contribution in [0.15, 0.2) is 48.5 Å². The molecule has 0 bridgehead atoms. The van der Waals surface area contributed by atoms with Crippen LogP contribution in [0.5, 0.6) is 0 Å². The molecule has 0 spiro atoms. The van der Waals surface area contributed by atoms with Crippen molar-refractivity contribution in [2.24, 2.45) is 0 Å². The molecule has 2 aromatic rings. The van der Waals surface area contributed by atoms with Crippen LogP contribution in [0.25, 0.3) is 0 Å². The van der Waals surface area contributed by atoms with Gasteiger partial charge in [0.15, 0.2) is 0 Å². The Bertz CT molecular complexity index is 905. The summed E-state index contributed by atoms with van der Waals surface area (Å²) < 4.78 is 0. The van der Waals surface area contributed by atoms with Gasteiger partial charge < -0.3 is 10.2 Å². The fourth-order valence-electron chi connectivity index (χ4n) is 4.61. The van der Waals surface area contributed by atoms with Gasteiger partial charge in [0.2, 0.25) is 11.8 Å². The van der Waals surface area contributed by atoms with Gasteiger partial charge in [-0.3, -0.25) is 14.5 Å². The zero-order valence-corrected chi connectivity index (χ0v) is 17.8. The molecule has 2 aromatic carbocycles. The first kappa shape index (κ1) is 20.6. The molecule has 1 N–H and O–H groups in total. The number of fused-ring (bicyclic) bond motifs is 1. The zero-order valence-electron chi connectivity index (χ0n) is 17.8. The van der Waals surface area contributed by atoms with Crippen LogP contribution in [0, 0.1) is 6.92 Å². The van der Waals surface area contributed by atoms with Crippen molar-refractivity contribution in [2.75, 3.05) is 26.2 Å². The van der Waals surface area contributed by atoms with E-state index in [1.807, 2.05) is 35.2 Å². The number of nitrogens with one attached hydrogen (secondary N) is 1. The van der Waals surface area contributed by atoms with Gasteiger partial charge in [0.05, 0.1) is 6.54 Å². The molecule has 1 unspecified atom stereocenters. The lowest BCUT2D eigenvalue weighted by Crippen LogP contribution is -2.50. The van der Waals surface area contributed by atoms with Crippen LogP contribution in [-0.2, 0) is 22.6 Å². The molecule has 1 atom stereocenters. The summed E-state index contributed by atoms with van der Waals surface area (Å²) in [5.41, 5.74) is 4.58. The van der Waals surface area contributed by atoms with E-state index >= 15 is 0 Å². The second-order valence-electron chi connectivity index (χ2n) is 8.41. The van der Waals surface area contributed by atoms with Crippen LogP contribution in [0.4, 0.5) is 0 Å². The maximum atomic E-state index is 13.5. The van der Waals surface area contributed by atoms with Crippen molar-refractivity contribution in [3.8, 4) is 0 Å². The van der Waals surface area contributed by atoms with E-state index in [1.54, 1.807) is 0 Å². The predicted octanol–water partition coefficient (Wildman–Crippen LogP) is 3.22. The third-order valence-corrected chi connectivity index (χ3v) is 6.37. The van der Waals surface area contributed by atoms with Gasteiger partial charge in [-0.25, -0.2) is 0 Å². The average Bonchev–Trinajstić information content (AvgIpc) is 2.78. The van der Waals surface area contributed by atoms with Crippen molar-refractivity contribution in [1.82, 2.24) is 15.1 Å². The van der Waals surface area contributed by atoms with Crippen LogP contribution in [0.1, 0.15) is 47.6 Å². The third-order valence-electron chi connectivity index (χ3n) is 6.37. The van der Waals surface area contributed by atoms with E-state index in [4.69, 9.17) is 0 Å². The van der Waals surface area contributed by atoms with Crippen molar-refractivity contribution in [3.05, 3.63) is 70.8 Å². The number of aryl methyl sites for hydroxylation is 1. The molecule has 1 saturated heterocycles. The third kappa shape index (κ3) is 4.57. The minimum absolute atomic E-state index is 0.0333. The fraction of sp³-hybridized carbons (Fsp3) is 0.440.